The number of rotatable bonds is 4. The minimum Gasteiger partial charge on any atom is -0.463 e. The second-order valence-corrected chi connectivity index (χ2v) is 8.57. The first-order valence-electron chi connectivity index (χ1n) is 10.3. The van der Waals surface area contributed by atoms with Crippen molar-refractivity contribution in [1.82, 2.24) is 4.90 Å². The maximum atomic E-state index is 12.1. The van der Waals surface area contributed by atoms with Gasteiger partial charge in [-0.25, -0.2) is 0 Å². The number of ether oxygens (including phenoxy) is 1. The maximum absolute atomic E-state index is 12.1. The number of nitro groups is 1. The molecular weight excluding hydrogens is 410 g/mol. The average molecular weight is 431 g/mol. The Morgan fingerprint density at radius 3 is 2.44 bits per heavy atom. The lowest BCUT2D eigenvalue weighted by molar-refractivity contribution is -0.384. The summed E-state index contributed by atoms with van der Waals surface area (Å²) in [7, 11) is 0. The summed E-state index contributed by atoms with van der Waals surface area (Å²) in [6.07, 6.45) is 6.32. The first-order chi connectivity index (χ1) is 15.2. The van der Waals surface area contributed by atoms with Crippen LogP contribution in [-0.2, 0) is 15.0 Å². The lowest BCUT2D eigenvalue weighted by Gasteiger charge is -2.47. The van der Waals surface area contributed by atoms with E-state index in [0.717, 1.165) is 11.3 Å². The molecule has 32 heavy (non-hydrogen) atoms. The van der Waals surface area contributed by atoms with Crippen LogP contribution in [0, 0.1) is 10.1 Å². The van der Waals surface area contributed by atoms with Gasteiger partial charge in [-0.15, -0.1) is 0 Å². The summed E-state index contributed by atoms with van der Waals surface area (Å²) in [4.78, 5) is 38.2. The van der Waals surface area contributed by atoms with Gasteiger partial charge >= 0.3 is 0 Å². The minimum absolute atomic E-state index is 0.00247. The molecule has 1 unspecified atom stereocenters. The fourth-order valence-corrected chi connectivity index (χ4v) is 4.84. The second kappa shape index (κ2) is 6.78. The van der Waals surface area contributed by atoms with Crippen molar-refractivity contribution in [2.75, 3.05) is 18.0 Å². The third-order valence-corrected chi connectivity index (χ3v) is 6.57. The molecule has 0 aliphatic carbocycles. The highest BCUT2D eigenvalue weighted by molar-refractivity contribution is 6.12. The van der Waals surface area contributed by atoms with E-state index in [1.165, 1.54) is 29.2 Å². The number of hydrogen-bond acceptors (Lipinski definition) is 6. The number of anilines is 1. The summed E-state index contributed by atoms with van der Waals surface area (Å²) in [5.41, 5.74) is 1.24. The van der Waals surface area contributed by atoms with E-state index in [1.54, 1.807) is 6.07 Å². The zero-order valence-corrected chi connectivity index (χ0v) is 17.6. The number of non-ortho nitro benzene ring substituents is 1. The van der Waals surface area contributed by atoms with Gasteiger partial charge in [-0.3, -0.25) is 24.6 Å². The molecule has 2 aromatic carbocycles. The van der Waals surface area contributed by atoms with Crippen molar-refractivity contribution in [3.8, 4) is 5.75 Å². The number of fused-ring (bicyclic) bond motifs is 2. The smallest absolute Gasteiger partial charge is 0.270 e. The molecule has 0 fully saturated rings. The number of imide groups is 1. The summed E-state index contributed by atoms with van der Waals surface area (Å²) in [6.45, 7) is 4.74. The van der Waals surface area contributed by atoms with Crippen LogP contribution in [0.3, 0.4) is 0 Å². The Hall–Kier alpha value is -3.94. The van der Waals surface area contributed by atoms with Crippen LogP contribution < -0.4 is 9.64 Å². The van der Waals surface area contributed by atoms with Crippen molar-refractivity contribution >= 4 is 29.3 Å². The quantitative estimate of drug-likeness (QED) is 0.418. The Morgan fingerprint density at radius 2 is 1.72 bits per heavy atom. The molecule has 162 valence electrons. The van der Waals surface area contributed by atoms with Gasteiger partial charge in [0.25, 0.3) is 17.5 Å². The van der Waals surface area contributed by atoms with E-state index in [9.17, 15) is 19.7 Å². The van der Waals surface area contributed by atoms with E-state index in [0.29, 0.717) is 17.9 Å². The van der Waals surface area contributed by atoms with E-state index < -0.39 is 16.1 Å². The number of benzene rings is 2. The molecule has 3 heterocycles. The van der Waals surface area contributed by atoms with Gasteiger partial charge in [0.1, 0.15) is 5.75 Å². The molecule has 0 saturated heterocycles. The Kier molecular flexibility index (Phi) is 4.24. The number of nitro benzene ring substituents is 1. The van der Waals surface area contributed by atoms with E-state index in [4.69, 9.17) is 4.74 Å². The largest absolute Gasteiger partial charge is 0.463 e. The van der Waals surface area contributed by atoms with Gasteiger partial charge in [-0.05, 0) is 43.7 Å². The first kappa shape index (κ1) is 20.0. The van der Waals surface area contributed by atoms with E-state index in [2.05, 4.69) is 18.7 Å². The van der Waals surface area contributed by atoms with Crippen molar-refractivity contribution < 1.29 is 19.2 Å². The molecule has 1 spiro atoms. The third-order valence-electron chi connectivity index (χ3n) is 6.57. The molecule has 2 aromatic rings. The number of nitrogens with zero attached hydrogens (tertiary/aromatic N) is 3. The molecule has 5 rings (SSSR count). The van der Waals surface area contributed by atoms with Crippen molar-refractivity contribution in [3.63, 3.8) is 0 Å². The Balaban J connectivity index is 1.56. The molecule has 0 bridgehead atoms. The molecule has 0 saturated carbocycles. The highest BCUT2D eigenvalue weighted by Gasteiger charge is 2.58. The van der Waals surface area contributed by atoms with Gasteiger partial charge in [-0.2, -0.15) is 0 Å². The van der Waals surface area contributed by atoms with Crippen molar-refractivity contribution in [2.45, 2.75) is 25.0 Å². The van der Waals surface area contributed by atoms with Crippen molar-refractivity contribution in [2.24, 2.45) is 0 Å². The summed E-state index contributed by atoms with van der Waals surface area (Å²) >= 11 is 0. The molecule has 3 aliphatic heterocycles. The van der Waals surface area contributed by atoms with Crippen LogP contribution in [0.15, 0.2) is 60.7 Å². The second-order valence-electron chi connectivity index (χ2n) is 8.57. The Bertz CT molecular complexity index is 1210. The summed E-state index contributed by atoms with van der Waals surface area (Å²) in [5, 5.41) is 11.2. The van der Waals surface area contributed by atoms with Gasteiger partial charge < -0.3 is 9.64 Å². The lowest BCUT2D eigenvalue weighted by atomic mass is 9.76. The average Bonchev–Trinajstić information content (AvgIpc) is 3.18. The topological polar surface area (TPSA) is 93.0 Å². The number of para-hydroxylation sites is 1. The molecule has 8 heteroatoms. The molecular formula is C24H21N3O5. The molecule has 2 amide bonds. The molecule has 0 N–H and O–H groups in total. The fourth-order valence-electron chi connectivity index (χ4n) is 4.84. The minimum atomic E-state index is -0.931. The normalized spacial score (nSPS) is 22.3. The van der Waals surface area contributed by atoms with Crippen LogP contribution in [0.1, 0.15) is 25.0 Å². The zero-order chi connectivity index (χ0) is 22.7. The first-order valence-corrected chi connectivity index (χ1v) is 10.3. The van der Waals surface area contributed by atoms with Gasteiger partial charge in [0.2, 0.25) is 5.72 Å². The molecule has 0 radical (unpaired) electrons. The Morgan fingerprint density at radius 1 is 1.00 bits per heavy atom. The molecule has 3 aliphatic rings. The maximum Gasteiger partial charge on any atom is 0.270 e. The van der Waals surface area contributed by atoms with Crippen LogP contribution in [0.4, 0.5) is 11.4 Å². The van der Waals surface area contributed by atoms with Crippen LogP contribution in [0.25, 0.3) is 6.08 Å². The highest BCUT2D eigenvalue weighted by Crippen LogP contribution is 2.54. The zero-order valence-electron chi connectivity index (χ0n) is 17.6. The predicted molar refractivity (Wildman–Crippen MR) is 118 cm³/mol. The van der Waals surface area contributed by atoms with Crippen LogP contribution in [0.2, 0.25) is 0 Å². The Labute approximate surface area is 184 Å². The van der Waals surface area contributed by atoms with Crippen LogP contribution in [-0.4, -0.2) is 40.5 Å². The van der Waals surface area contributed by atoms with E-state index in [1.807, 2.05) is 36.4 Å². The number of carbonyl (C=O) groups is 2. The standard InChI is InChI=1S/C24H21N3O5/c1-23(2)18-5-3-4-6-19(18)26(14-13-25-21(28)9-10-22(25)29)24(23)12-11-16-15-17(27(30)31)7-8-20(16)32-24/h3-12,15H,13-14H2,1-2H3. The van der Waals surface area contributed by atoms with Crippen LogP contribution >= 0.6 is 0 Å². The van der Waals surface area contributed by atoms with E-state index >= 15 is 0 Å². The number of carbonyl (C=O) groups excluding carboxylic acids is 2. The third kappa shape index (κ3) is 2.69. The fraction of sp³-hybridized carbons (Fsp3) is 0.250. The van der Waals surface area contributed by atoms with Gasteiger partial charge in [0.05, 0.1) is 10.3 Å². The van der Waals surface area contributed by atoms with Gasteiger partial charge in [-0.1, -0.05) is 18.2 Å². The van der Waals surface area contributed by atoms with E-state index in [-0.39, 0.29) is 24.0 Å². The summed E-state index contributed by atoms with van der Waals surface area (Å²) in [6, 6.07) is 12.5. The molecule has 8 nitrogen and oxygen atoms in total. The number of amides is 2. The van der Waals surface area contributed by atoms with Crippen molar-refractivity contribution in [1.29, 1.82) is 0 Å². The number of hydrogen-bond donors (Lipinski definition) is 0. The summed E-state index contributed by atoms with van der Waals surface area (Å²) in [5.74, 6) is -0.110. The van der Waals surface area contributed by atoms with Gasteiger partial charge in [0, 0.05) is 48.6 Å². The van der Waals surface area contributed by atoms with Crippen molar-refractivity contribution in [3.05, 3.63) is 81.9 Å². The molecule has 0 aromatic heterocycles. The predicted octanol–water partition coefficient (Wildman–Crippen LogP) is 3.42. The molecule has 1 atom stereocenters. The lowest BCUT2D eigenvalue weighted by Crippen LogP contribution is -2.60. The van der Waals surface area contributed by atoms with Gasteiger partial charge in [0.15, 0.2) is 0 Å². The monoisotopic (exact) mass is 431 g/mol. The van der Waals surface area contributed by atoms with Crippen LogP contribution in [0.5, 0.6) is 5.75 Å². The summed E-state index contributed by atoms with van der Waals surface area (Å²) < 4.78 is 6.61. The highest BCUT2D eigenvalue weighted by atomic mass is 16.6. The SMILES string of the molecule is CC1(C)c2ccccc2N(CCN2C(=O)C=CC2=O)C12C=Cc1cc([N+](=O)[O-])ccc1O2.